The first kappa shape index (κ1) is 62.3. The lowest BCUT2D eigenvalue weighted by Gasteiger charge is -2.53. The van der Waals surface area contributed by atoms with Gasteiger partial charge in [0.2, 0.25) is 0 Å². The summed E-state index contributed by atoms with van der Waals surface area (Å²) in [7, 11) is 1.41. The van der Waals surface area contributed by atoms with Crippen molar-refractivity contribution < 1.29 is 29.1 Å². The summed E-state index contributed by atoms with van der Waals surface area (Å²) in [5.74, 6) is -1.75. The number of fused-ring (bicyclic) bond motifs is 6. The van der Waals surface area contributed by atoms with Crippen LogP contribution >= 0.6 is 0 Å². The van der Waals surface area contributed by atoms with Crippen LogP contribution in [0.2, 0.25) is 0 Å². The molecule has 0 amide bonds. The quantitative estimate of drug-likeness (QED) is 0.0547. The van der Waals surface area contributed by atoms with Crippen LogP contribution in [0.5, 0.6) is 0 Å². The fourth-order valence-electron chi connectivity index (χ4n) is 15.1. The molecular formula is C65H97N7O8. The van der Waals surface area contributed by atoms with E-state index in [1.54, 1.807) is 6.92 Å². The molecule has 6 fully saturated rings. The van der Waals surface area contributed by atoms with Gasteiger partial charge < -0.3 is 23.8 Å². The lowest BCUT2D eigenvalue weighted by atomic mass is 9.79. The maximum atomic E-state index is 14.1. The largest absolute Gasteiger partial charge is 0.481 e. The predicted octanol–water partition coefficient (Wildman–Crippen LogP) is 13.7. The molecule has 6 aliphatic rings. The smallest absolute Gasteiger partial charge is 0.306 e. The Morgan fingerprint density at radius 1 is 0.512 bits per heavy atom. The summed E-state index contributed by atoms with van der Waals surface area (Å²) in [4.78, 5) is 84.3. The van der Waals surface area contributed by atoms with Crippen molar-refractivity contribution in [1.29, 1.82) is 0 Å². The van der Waals surface area contributed by atoms with Gasteiger partial charge in [0.25, 0.3) is 11.1 Å². The number of hydrogen-bond donors (Lipinski definition) is 1. The molecule has 0 radical (unpaired) electrons. The van der Waals surface area contributed by atoms with Gasteiger partial charge in [0.05, 0.1) is 41.5 Å². The maximum Gasteiger partial charge on any atom is 0.306 e. The predicted molar refractivity (Wildman–Crippen MR) is 320 cm³/mol. The zero-order valence-electron chi connectivity index (χ0n) is 47.0. The zero-order chi connectivity index (χ0) is 54.4. The minimum absolute atomic E-state index is 0. The van der Waals surface area contributed by atoms with Crippen LogP contribution in [-0.2, 0) is 19.2 Å². The van der Waals surface area contributed by atoms with Gasteiger partial charge in [-0.3, -0.25) is 33.8 Å². The Kier molecular flexibility index (Phi) is 23.9. The first-order valence-electron chi connectivity index (χ1n) is 30.7. The van der Waals surface area contributed by atoms with E-state index in [0.717, 1.165) is 42.2 Å². The molecule has 4 bridgehead atoms. The molecule has 6 heterocycles. The van der Waals surface area contributed by atoms with Crippen LogP contribution in [0.25, 0.3) is 22.1 Å². The molecule has 80 heavy (non-hydrogen) atoms. The van der Waals surface area contributed by atoms with Crippen LogP contribution in [0.4, 0.5) is 0 Å². The number of para-hydroxylation sites is 4. The van der Waals surface area contributed by atoms with Crippen molar-refractivity contribution in [1.82, 2.24) is 28.9 Å². The molecular weight excluding hydrogens is 1010 g/mol. The third kappa shape index (κ3) is 15.2. The number of aromatic nitrogens is 4. The van der Waals surface area contributed by atoms with E-state index in [1.807, 2.05) is 57.7 Å². The fourth-order valence-corrected chi connectivity index (χ4v) is 15.1. The Bertz CT molecular complexity index is 2760. The number of piperidine rings is 4. The number of carbonyl (C=O) groups is 3. The number of carboxylic acid groups (broad SMARTS) is 1. The van der Waals surface area contributed by atoms with Crippen LogP contribution in [0.15, 0.2) is 63.3 Å². The number of ketones is 1. The molecule has 2 saturated carbocycles. The highest BCUT2D eigenvalue weighted by molar-refractivity contribution is 6.01. The number of carbonyl (C=O) groups excluding carboxylic acids is 2. The summed E-state index contributed by atoms with van der Waals surface area (Å²) >= 11 is 0. The summed E-state index contributed by atoms with van der Waals surface area (Å²) in [6, 6.07) is 18.9. The number of Topliss-reactive ketones (excluding diaryl/α,β-unsaturated/α-hetero) is 1. The first-order valence-corrected chi connectivity index (χ1v) is 30.7. The monoisotopic (exact) mass is 1100 g/mol. The number of oxime groups is 1. The second-order valence-corrected chi connectivity index (χ2v) is 23.6. The van der Waals surface area contributed by atoms with Crippen molar-refractivity contribution in [3.05, 3.63) is 80.6 Å². The fraction of sp³-hybridized carbons (Fsp3) is 0.692. The van der Waals surface area contributed by atoms with E-state index in [9.17, 15) is 29.1 Å². The summed E-state index contributed by atoms with van der Waals surface area (Å²) in [5, 5.41) is 13.3. The van der Waals surface area contributed by atoms with Crippen molar-refractivity contribution in [2.45, 2.75) is 276 Å². The second kappa shape index (κ2) is 30.7. The summed E-state index contributed by atoms with van der Waals surface area (Å²) in [6.45, 7) is 2.01. The molecule has 2 unspecified atom stereocenters. The van der Waals surface area contributed by atoms with Crippen LogP contribution in [0, 0.1) is 0 Å². The van der Waals surface area contributed by atoms with Crippen molar-refractivity contribution in [2.75, 3.05) is 13.7 Å². The molecule has 4 aromatic rings. The van der Waals surface area contributed by atoms with Gasteiger partial charge in [-0.15, -0.1) is 0 Å². The molecule has 440 valence electrons. The first-order chi connectivity index (χ1) is 38.1. The Morgan fingerprint density at radius 2 is 0.900 bits per heavy atom. The number of aliphatic carboxylic acids is 1. The zero-order valence-corrected chi connectivity index (χ0v) is 47.0. The standard InChI is InChI=1S/C32H45N3O4.C31H44N4O4.2CH4/c1-2-39-30(37)20-19-29(36)31-32(38)35(28-18-11-10-17-27(28)33-31)26-21-24-15-12-16-25(22-26)34(24)23-13-8-6-4-3-5-7-9-14-23;1-39-33-27(18-19-29(36)37)30-31(38)35(28-17-10-9-16-26(28)32-30)25-20-23-14-11-15-24(21-25)34(23)22-12-7-5-3-2-4-6-8-13-22;;/h10-11,17-18,23-26H,2-9,12-16,19-22H2,1H3;9-10,16-17,22-25H,2-8,11-15,18-21H2,1H3,(H,36,37);2*1H4/b;33-27+;;/t24-,25+,26?;23-,24+,25?;;. The minimum Gasteiger partial charge on any atom is -0.481 e. The van der Waals surface area contributed by atoms with Gasteiger partial charge in [0.1, 0.15) is 12.8 Å². The maximum absolute atomic E-state index is 14.1. The number of nitrogens with zero attached hydrogens (tertiary/aromatic N) is 7. The van der Waals surface area contributed by atoms with Gasteiger partial charge in [0.15, 0.2) is 17.2 Å². The van der Waals surface area contributed by atoms with Gasteiger partial charge in [-0.1, -0.05) is 147 Å². The van der Waals surface area contributed by atoms with Crippen molar-refractivity contribution in [3.63, 3.8) is 0 Å². The van der Waals surface area contributed by atoms with Crippen molar-refractivity contribution in [3.8, 4) is 0 Å². The molecule has 2 aliphatic carbocycles. The van der Waals surface area contributed by atoms with E-state index < -0.39 is 11.9 Å². The molecule has 10 rings (SSSR count). The van der Waals surface area contributed by atoms with Crippen LogP contribution < -0.4 is 11.1 Å². The SMILES string of the molecule is C.C.CCOC(=O)CCC(=O)c1nc2ccccc2n(C2C[C@H]3CCC[C@@H](C2)N3C2CCCCCCCCC2)c1=O.CO/N=C(\CCC(=O)O)c1nc2ccccc2n(C2C[C@H]3CCC[C@@H](C2)N3C2CCCCCCCCC2)c1=O. The van der Waals surface area contributed by atoms with E-state index in [4.69, 9.17) is 9.57 Å². The van der Waals surface area contributed by atoms with Gasteiger partial charge >= 0.3 is 11.9 Å². The normalized spacial score (nSPS) is 24.9. The van der Waals surface area contributed by atoms with Crippen LogP contribution in [0.1, 0.15) is 256 Å². The van der Waals surface area contributed by atoms with Gasteiger partial charge in [-0.25, -0.2) is 9.97 Å². The van der Waals surface area contributed by atoms with E-state index in [2.05, 4.69) is 24.9 Å². The topological polar surface area (TPSA) is 179 Å². The van der Waals surface area contributed by atoms with E-state index in [-0.39, 0.29) is 87.5 Å². The number of ether oxygens (including phenoxy) is 1. The number of carboxylic acids is 1. The second-order valence-electron chi connectivity index (χ2n) is 23.6. The highest BCUT2D eigenvalue weighted by atomic mass is 16.6. The third-order valence-corrected chi connectivity index (χ3v) is 18.5. The molecule has 6 atom stereocenters. The Hall–Kier alpha value is -5.28. The average molecular weight is 1100 g/mol. The van der Waals surface area contributed by atoms with Gasteiger partial charge in [0, 0.05) is 61.2 Å². The molecule has 2 aromatic carbocycles. The molecule has 4 aliphatic heterocycles. The van der Waals surface area contributed by atoms with Crippen molar-refractivity contribution >= 4 is 45.5 Å². The highest BCUT2D eigenvalue weighted by Gasteiger charge is 2.44. The Balaban J connectivity index is 0.000000225. The van der Waals surface area contributed by atoms with Gasteiger partial charge in [-0.05, 0) is 108 Å². The third-order valence-electron chi connectivity index (χ3n) is 18.5. The van der Waals surface area contributed by atoms with E-state index in [0.29, 0.717) is 47.5 Å². The lowest BCUT2D eigenvalue weighted by Crippen LogP contribution is -2.57. The summed E-state index contributed by atoms with van der Waals surface area (Å²) in [6.07, 6.45) is 35.2. The summed E-state index contributed by atoms with van der Waals surface area (Å²) in [5.41, 5.74) is 3.00. The molecule has 1 N–H and O–H groups in total. The van der Waals surface area contributed by atoms with E-state index >= 15 is 0 Å². The molecule has 15 heteroatoms. The lowest BCUT2D eigenvalue weighted by molar-refractivity contribution is -0.143. The van der Waals surface area contributed by atoms with Crippen LogP contribution in [-0.4, -0.2) is 107 Å². The number of benzene rings is 2. The Morgan fingerprint density at radius 3 is 1.31 bits per heavy atom. The molecule has 0 spiro atoms. The number of esters is 1. The van der Waals surface area contributed by atoms with E-state index in [1.165, 1.54) is 161 Å². The van der Waals surface area contributed by atoms with Crippen molar-refractivity contribution in [2.24, 2.45) is 5.16 Å². The van der Waals surface area contributed by atoms with Gasteiger partial charge in [-0.2, -0.15) is 0 Å². The molecule has 4 saturated heterocycles. The minimum atomic E-state index is -0.944. The van der Waals surface area contributed by atoms with Crippen LogP contribution in [0.3, 0.4) is 0 Å². The average Bonchev–Trinajstić information content (AvgIpc) is 3.59. The number of rotatable bonds is 14. The molecule has 2 aromatic heterocycles. The number of hydrogen-bond acceptors (Lipinski definition) is 12. The molecule has 15 nitrogen and oxygen atoms in total. The Labute approximate surface area is 476 Å². The summed E-state index contributed by atoms with van der Waals surface area (Å²) < 4.78 is 8.82. The highest BCUT2D eigenvalue weighted by Crippen LogP contribution is 2.44.